The molecular weight excluding hydrogens is 875 g/mol. The van der Waals surface area contributed by atoms with Gasteiger partial charge in [-0.2, -0.15) is 0 Å². The third-order valence-electron chi connectivity index (χ3n) is 15.0. The SMILES string of the molecule is CCCCCC/C=C\CCCCCCCC(=O)OCCCCCCCCCCCCCC/C=C\CCCCCCCCCCCCCC(=O)NC(CO)C(O)CCCCCCCCCCCCCCCC. The van der Waals surface area contributed by atoms with Crippen LogP contribution in [0.3, 0.4) is 0 Å². The molecule has 2 atom stereocenters. The lowest BCUT2D eigenvalue weighted by molar-refractivity contribution is -0.143. The average molecular weight is 1000 g/mol. The van der Waals surface area contributed by atoms with Crippen molar-refractivity contribution in [2.45, 2.75) is 366 Å². The van der Waals surface area contributed by atoms with E-state index in [4.69, 9.17) is 4.74 Å². The normalized spacial score (nSPS) is 12.7. The van der Waals surface area contributed by atoms with Crippen molar-refractivity contribution in [1.82, 2.24) is 5.32 Å². The summed E-state index contributed by atoms with van der Waals surface area (Å²) in [7, 11) is 0. The Hall–Kier alpha value is -1.66. The Morgan fingerprint density at radius 3 is 1.01 bits per heavy atom. The van der Waals surface area contributed by atoms with Crippen LogP contribution in [0.4, 0.5) is 0 Å². The number of allylic oxidation sites excluding steroid dienone is 4. The number of aliphatic hydroxyl groups is 2. The van der Waals surface area contributed by atoms with Crippen molar-refractivity contribution in [1.29, 1.82) is 0 Å². The van der Waals surface area contributed by atoms with Crippen LogP contribution in [0.25, 0.3) is 0 Å². The van der Waals surface area contributed by atoms with Crippen LogP contribution in [0.1, 0.15) is 354 Å². The van der Waals surface area contributed by atoms with Crippen LogP contribution in [0.2, 0.25) is 0 Å². The Morgan fingerprint density at radius 1 is 0.380 bits per heavy atom. The number of carbonyl (C=O) groups is 2. The van der Waals surface area contributed by atoms with Crippen molar-refractivity contribution in [3.8, 4) is 0 Å². The van der Waals surface area contributed by atoms with E-state index in [1.165, 1.54) is 276 Å². The zero-order chi connectivity index (χ0) is 51.4. The number of rotatable bonds is 60. The van der Waals surface area contributed by atoms with Crippen molar-refractivity contribution in [2.24, 2.45) is 0 Å². The fraction of sp³-hybridized carbons (Fsp3) is 0.908. The highest BCUT2D eigenvalue weighted by atomic mass is 16.5. The van der Waals surface area contributed by atoms with Crippen molar-refractivity contribution in [3.05, 3.63) is 24.3 Å². The molecule has 0 aliphatic rings. The fourth-order valence-electron chi connectivity index (χ4n) is 10.0. The summed E-state index contributed by atoms with van der Waals surface area (Å²) in [6.07, 6.45) is 74.9. The van der Waals surface area contributed by atoms with Gasteiger partial charge in [0.2, 0.25) is 5.91 Å². The van der Waals surface area contributed by atoms with E-state index in [1.54, 1.807) is 0 Å². The molecule has 0 aliphatic carbocycles. The molecule has 0 saturated heterocycles. The number of amides is 1. The lowest BCUT2D eigenvalue weighted by atomic mass is 10.0. The summed E-state index contributed by atoms with van der Waals surface area (Å²) < 4.78 is 5.47. The van der Waals surface area contributed by atoms with E-state index >= 15 is 0 Å². The number of unbranched alkanes of at least 4 members (excludes halogenated alkanes) is 45. The van der Waals surface area contributed by atoms with Gasteiger partial charge in [-0.25, -0.2) is 0 Å². The minimum atomic E-state index is -0.664. The minimum absolute atomic E-state index is 0.00614. The van der Waals surface area contributed by atoms with Crippen molar-refractivity contribution >= 4 is 11.9 Å². The van der Waals surface area contributed by atoms with Crippen LogP contribution in [0, 0.1) is 0 Å². The Balaban J connectivity index is 3.38. The molecule has 3 N–H and O–H groups in total. The molecule has 0 radical (unpaired) electrons. The molecule has 2 unspecified atom stereocenters. The van der Waals surface area contributed by atoms with E-state index < -0.39 is 12.1 Å². The molecule has 0 saturated carbocycles. The number of esters is 1. The molecule has 0 heterocycles. The van der Waals surface area contributed by atoms with Crippen LogP contribution in [0.5, 0.6) is 0 Å². The number of carbonyl (C=O) groups excluding carboxylic acids is 2. The summed E-state index contributed by atoms with van der Waals surface area (Å²) in [5.41, 5.74) is 0. The van der Waals surface area contributed by atoms with Gasteiger partial charge in [0, 0.05) is 12.8 Å². The average Bonchev–Trinajstić information content (AvgIpc) is 3.37. The van der Waals surface area contributed by atoms with Crippen LogP contribution >= 0.6 is 0 Å². The van der Waals surface area contributed by atoms with Crippen molar-refractivity contribution in [3.63, 3.8) is 0 Å². The fourth-order valence-corrected chi connectivity index (χ4v) is 10.0. The second-order valence-corrected chi connectivity index (χ2v) is 22.1. The van der Waals surface area contributed by atoms with E-state index in [0.29, 0.717) is 25.9 Å². The molecule has 0 spiro atoms. The predicted molar refractivity (Wildman–Crippen MR) is 310 cm³/mol. The molecule has 6 nitrogen and oxygen atoms in total. The zero-order valence-electron chi connectivity index (χ0n) is 48.0. The third-order valence-corrected chi connectivity index (χ3v) is 15.0. The van der Waals surface area contributed by atoms with E-state index in [2.05, 4.69) is 43.5 Å². The number of aliphatic hydroxyl groups excluding tert-OH is 2. The first kappa shape index (κ1) is 69.3. The standard InChI is InChI=1S/C65H125NO5/c1-3-5-7-9-11-13-15-17-34-37-41-45-49-53-57-63(68)62(61-67)66-64(69)58-54-50-46-42-38-35-31-29-27-25-23-21-19-18-20-22-24-26-28-30-32-36-40-44-48-52-56-60-71-65(70)59-55-51-47-43-39-33-16-14-12-10-8-6-4-2/h14,16,18-19,62-63,67-68H,3-13,15,17,20-61H2,1-2H3,(H,66,69)/b16-14-,19-18-. The largest absolute Gasteiger partial charge is 0.466 e. The summed E-state index contributed by atoms with van der Waals surface area (Å²) in [5, 5.41) is 23.3. The van der Waals surface area contributed by atoms with E-state index in [1.807, 2.05) is 0 Å². The Labute approximate surface area is 443 Å². The molecule has 0 aromatic rings. The van der Waals surface area contributed by atoms with Crippen molar-refractivity contribution < 1.29 is 24.5 Å². The molecule has 0 bridgehead atoms. The smallest absolute Gasteiger partial charge is 0.305 e. The van der Waals surface area contributed by atoms with Gasteiger partial charge >= 0.3 is 5.97 Å². The molecule has 0 aromatic carbocycles. The first-order valence-corrected chi connectivity index (χ1v) is 32.1. The van der Waals surface area contributed by atoms with Crippen LogP contribution < -0.4 is 5.32 Å². The van der Waals surface area contributed by atoms with E-state index in [9.17, 15) is 19.8 Å². The first-order valence-electron chi connectivity index (χ1n) is 32.1. The maximum absolute atomic E-state index is 12.5. The van der Waals surface area contributed by atoms with Gasteiger partial charge in [-0.1, -0.05) is 289 Å². The zero-order valence-corrected chi connectivity index (χ0v) is 48.0. The van der Waals surface area contributed by atoms with Gasteiger partial charge in [0.05, 0.1) is 25.4 Å². The van der Waals surface area contributed by atoms with Gasteiger partial charge < -0.3 is 20.3 Å². The van der Waals surface area contributed by atoms with E-state index in [-0.39, 0.29) is 18.5 Å². The summed E-state index contributed by atoms with van der Waals surface area (Å²) in [5.74, 6) is -0.0279. The highest BCUT2D eigenvalue weighted by molar-refractivity contribution is 5.76. The number of ether oxygens (including phenoxy) is 1. The van der Waals surface area contributed by atoms with Gasteiger partial charge in [0.15, 0.2) is 0 Å². The van der Waals surface area contributed by atoms with Gasteiger partial charge in [0.1, 0.15) is 0 Å². The maximum Gasteiger partial charge on any atom is 0.305 e. The Kier molecular flexibility index (Phi) is 59.5. The number of hydrogen-bond donors (Lipinski definition) is 3. The first-order chi connectivity index (χ1) is 35.0. The molecule has 0 fully saturated rings. The topological polar surface area (TPSA) is 95.9 Å². The summed E-state index contributed by atoms with van der Waals surface area (Å²) in [6, 6.07) is -0.541. The molecule has 420 valence electrons. The third kappa shape index (κ3) is 57.5. The van der Waals surface area contributed by atoms with Gasteiger partial charge in [0.25, 0.3) is 0 Å². The van der Waals surface area contributed by atoms with Gasteiger partial charge in [-0.15, -0.1) is 0 Å². The Morgan fingerprint density at radius 2 is 0.662 bits per heavy atom. The highest BCUT2D eigenvalue weighted by Crippen LogP contribution is 2.18. The molecule has 0 aliphatic heterocycles. The monoisotopic (exact) mass is 1000 g/mol. The minimum Gasteiger partial charge on any atom is -0.466 e. The molecular formula is C65H125NO5. The molecule has 6 heteroatoms. The lowest BCUT2D eigenvalue weighted by Crippen LogP contribution is -2.45. The molecule has 71 heavy (non-hydrogen) atoms. The number of hydrogen-bond acceptors (Lipinski definition) is 5. The second kappa shape index (κ2) is 60.9. The highest BCUT2D eigenvalue weighted by Gasteiger charge is 2.20. The van der Waals surface area contributed by atoms with Crippen LogP contribution in [-0.4, -0.2) is 47.4 Å². The quantitative estimate of drug-likeness (QED) is 0.0320. The molecule has 1 amide bonds. The lowest BCUT2D eigenvalue weighted by Gasteiger charge is -2.22. The predicted octanol–water partition coefficient (Wildman–Crippen LogP) is 20.2. The van der Waals surface area contributed by atoms with E-state index in [0.717, 1.165) is 44.9 Å². The summed E-state index contributed by atoms with van der Waals surface area (Å²) >= 11 is 0. The molecule has 0 rings (SSSR count). The maximum atomic E-state index is 12.5. The second-order valence-electron chi connectivity index (χ2n) is 22.1. The van der Waals surface area contributed by atoms with Crippen LogP contribution in [0.15, 0.2) is 24.3 Å². The van der Waals surface area contributed by atoms with Crippen molar-refractivity contribution in [2.75, 3.05) is 13.2 Å². The summed E-state index contributed by atoms with van der Waals surface area (Å²) in [6.45, 7) is 4.95. The summed E-state index contributed by atoms with van der Waals surface area (Å²) in [4.78, 5) is 24.5. The Bertz CT molecular complexity index is 1110. The molecule has 0 aromatic heterocycles. The number of nitrogens with one attached hydrogen (secondary N) is 1. The van der Waals surface area contributed by atoms with Gasteiger partial charge in [-0.3, -0.25) is 9.59 Å². The van der Waals surface area contributed by atoms with Gasteiger partial charge in [-0.05, 0) is 77.0 Å². The van der Waals surface area contributed by atoms with Crippen LogP contribution in [-0.2, 0) is 14.3 Å².